The van der Waals surface area contributed by atoms with Crippen LogP contribution in [0.15, 0.2) is 0 Å². The largest absolute Gasteiger partial charge is 0.344 e. The molecule has 4 rings (SSSR count). The zero-order chi connectivity index (χ0) is 14.3. The molecule has 0 atom stereocenters. The van der Waals surface area contributed by atoms with Crippen LogP contribution < -0.4 is 0 Å². The van der Waals surface area contributed by atoms with Gasteiger partial charge in [-0.2, -0.15) is 0 Å². The van der Waals surface area contributed by atoms with Gasteiger partial charge in [0, 0.05) is 13.6 Å². The fourth-order valence-electron chi connectivity index (χ4n) is 5.54. The predicted molar refractivity (Wildman–Crippen MR) is 81.4 cm³/mol. The summed E-state index contributed by atoms with van der Waals surface area (Å²) in [5.41, 5.74) is 0.476. The van der Waals surface area contributed by atoms with Gasteiger partial charge in [0.25, 0.3) is 0 Å². The van der Waals surface area contributed by atoms with Crippen molar-refractivity contribution in [2.24, 2.45) is 23.2 Å². The second-order valence-corrected chi connectivity index (χ2v) is 8.00. The first-order chi connectivity index (χ1) is 9.49. The van der Waals surface area contributed by atoms with E-state index in [-0.39, 0.29) is 0 Å². The summed E-state index contributed by atoms with van der Waals surface area (Å²) in [6, 6.07) is 0. The van der Waals surface area contributed by atoms with Crippen molar-refractivity contribution in [1.29, 1.82) is 0 Å². The lowest BCUT2D eigenvalue weighted by atomic mass is 9.49. The second-order valence-electron chi connectivity index (χ2n) is 8.00. The summed E-state index contributed by atoms with van der Waals surface area (Å²) in [4.78, 5) is 16.4. The van der Waals surface area contributed by atoms with Gasteiger partial charge in [0.1, 0.15) is 0 Å². The third-order valence-corrected chi connectivity index (χ3v) is 6.11. The van der Waals surface area contributed by atoms with Crippen LogP contribution in [0.1, 0.15) is 45.4 Å². The van der Waals surface area contributed by atoms with Crippen LogP contribution in [0.4, 0.5) is 0 Å². The van der Waals surface area contributed by atoms with Crippen LogP contribution in [-0.4, -0.2) is 49.4 Å². The van der Waals surface area contributed by atoms with E-state index in [0.717, 1.165) is 30.8 Å². The number of hydrogen-bond donors (Lipinski definition) is 0. The minimum atomic E-state index is 0.296. The molecule has 4 saturated carbocycles. The molecular formula is C17H30N2O. The van der Waals surface area contributed by atoms with Crippen molar-refractivity contribution in [2.75, 3.05) is 33.7 Å². The molecule has 0 heterocycles. The van der Waals surface area contributed by atoms with E-state index in [1.807, 2.05) is 19.0 Å². The molecule has 0 aromatic rings. The highest BCUT2D eigenvalue weighted by Gasteiger charge is 2.51. The third-order valence-electron chi connectivity index (χ3n) is 6.11. The zero-order valence-corrected chi connectivity index (χ0v) is 13.4. The normalized spacial score (nSPS) is 38.5. The van der Waals surface area contributed by atoms with Gasteiger partial charge in [-0.1, -0.05) is 6.92 Å². The Balaban J connectivity index is 1.61. The lowest BCUT2D eigenvalue weighted by molar-refractivity contribution is -0.136. The quantitative estimate of drug-likeness (QED) is 0.772. The summed E-state index contributed by atoms with van der Waals surface area (Å²) in [6.07, 6.45) is 8.61. The number of amides is 1. The maximum atomic E-state index is 12.3. The Morgan fingerprint density at radius 2 is 1.55 bits per heavy atom. The zero-order valence-electron chi connectivity index (χ0n) is 13.4. The minimum absolute atomic E-state index is 0.296. The molecule has 0 aliphatic heterocycles. The van der Waals surface area contributed by atoms with E-state index in [9.17, 15) is 4.79 Å². The average molecular weight is 278 g/mol. The van der Waals surface area contributed by atoms with Gasteiger partial charge in [-0.25, -0.2) is 0 Å². The van der Waals surface area contributed by atoms with Gasteiger partial charge in [0.2, 0.25) is 5.91 Å². The Morgan fingerprint density at radius 1 is 1.05 bits per heavy atom. The third kappa shape index (κ3) is 2.74. The highest BCUT2D eigenvalue weighted by atomic mass is 16.2. The summed E-state index contributed by atoms with van der Waals surface area (Å²) >= 11 is 0. The fraction of sp³-hybridized carbons (Fsp3) is 0.941. The number of nitrogens with zero attached hydrogens (tertiary/aromatic N) is 2. The molecule has 0 aromatic heterocycles. The molecule has 4 fully saturated rings. The van der Waals surface area contributed by atoms with Crippen LogP contribution in [0.5, 0.6) is 0 Å². The van der Waals surface area contributed by atoms with Gasteiger partial charge in [0.05, 0.1) is 6.54 Å². The summed E-state index contributed by atoms with van der Waals surface area (Å²) < 4.78 is 0. The van der Waals surface area contributed by atoms with Crippen molar-refractivity contribution in [1.82, 2.24) is 9.80 Å². The molecule has 1 amide bonds. The van der Waals surface area contributed by atoms with Crippen molar-refractivity contribution >= 4 is 5.91 Å². The molecule has 114 valence electrons. The van der Waals surface area contributed by atoms with Crippen LogP contribution in [0.2, 0.25) is 0 Å². The van der Waals surface area contributed by atoms with Gasteiger partial charge in [0.15, 0.2) is 0 Å². The minimum Gasteiger partial charge on any atom is -0.344 e. The molecule has 0 saturated heterocycles. The maximum Gasteiger partial charge on any atom is 0.236 e. The van der Waals surface area contributed by atoms with Gasteiger partial charge in [-0.15, -0.1) is 0 Å². The molecule has 4 bridgehead atoms. The molecule has 3 heteroatoms. The number of carbonyl (C=O) groups is 1. The lowest BCUT2D eigenvalue weighted by Gasteiger charge is -2.57. The van der Waals surface area contributed by atoms with Crippen LogP contribution in [0.25, 0.3) is 0 Å². The van der Waals surface area contributed by atoms with Crippen molar-refractivity contribution in [3.05, 3.63) is 0 Å². The lowest BCUT2D eigenvalue weighted by Crippen LogP contribution is -2.52. The van der Waals surface area contributed by atoms with Crippen LogP contribution in [-0.2, 0) is 4.79 Å². The fourth-order valence-corrected chi connectivity index (χ4v) is 5.54. The van der Waals surface area contributed by atoms with E-state index in [0.29, 0.717) is 17.9 Å². The standard InChI is InChI=1S/C17H30N2O/c1-4-18(2)11-16(20)19(3)12-17-8-13-5-14(9-17)7-15(6-13)10-17/h13-15H,4-12H2,1-3H3. The van der Waals surface area contributed by atoms with Gasteiger partial charge < -0.3 is 4.90 Å². The van der Waals surface area contributed by atoms with E-state index < -0.39 is 0 Å². The van der Waals surface area contributed by atoms with Gasteiger partial charge in [-0.05, 0) is 75.3 Å². The van der Waals surface area contributed by atoms with Crippen LogP contribution in [0, 0.1) is 23.2 Å². The summed E-state index contributed by atoms with van der Waals surface area (Å²) in [7, 11) is 4.04. The molecule has 0 radical (unpaired) electrons. The van der Waals surface area contributed by atoms with E-state index >= 15 is 0 Å². The van der Waals surface area contributed by atoms with Crippen molar-refractivity contribution in [2.45, 2.75) is 45.4 Å². The monoisotopic (exact) mass is 278 g/mol. The molecule has 20 heavy (non-hydrogen) atoms. The maximum absolute atomic E-state index is 12.3. The molecule has 0 N–H and O–H groups in total. The number of rotatable bonds is 5. The van der Waals surface area contributed by atoms with Gasteiger partial charge in [-0.3, -0.25) is 9.69 Å². The summed E-state index contributed by atoms with van der Waals surface area (Å²) in [6.45, 7) is 4.62. The van der Waals surface area contributed by atoms with Crippen molar-refractivity contribution in [3.8, 4) is 0 Å². The first kappa shape index (κ1) is 14.4. The Labute approximate surface area is 123 Å². The molecular weight excluding hydrogens is 248 g/mol. The van der Waals surface area contributed by atoms with E-state index in [1.54, 1.807) is 0 Å². The van der Waals surface area contributed by atoms with Crippen molar-refractivity contribution < 1.29 is 4.79 Å². The highest BCUT2D eigenvalue weighted by Crippen LogP contribution is 2.60. The average Bonchev–Trinajstić information content (AvgIpc) is 2.36. The van der Waals surface area contributed by atoms with Crippen molar-refractivity contribution in [3.63, 3.8) is 0 Å². The first-order valence-electron chi connectivity index (χ1n) is 8.42. The van der Waals surface area contributed by atoms with E-state index in [4.69, 9.17) is 0 Å². The Hall–Kier alpha value is -0.570. The summed E-state index contributed by atoms with van der Waals surface area (Å²) in [5, 5.41) is 0. The molecule has 3 nitrogen and oxygen atoms in total. The Kier molecular flexibility index (Phi) is 3.83. The molecule has 0 unspecified atom stereocenters. The van der Waals surface area contributed by atoms with Crippen LogP contribution in [0.3, 0.4) is 0 Å². The number of likely N-dealkylation sites (N-methyl/N-ethyl adjacent to an activating group) is 2. The molecule has 0 spiro atoms. The number of carbonyl (C=O) groups excluding carboxylic acids is 1. The number of hydrogen-bond acceptors (Lipinski definition) is 2. The Morgan fingerprint density at radius 3 is 2.00 bits per heavy atom. The van der Waals surface area contributed by atoms with Crippen LogP contribution >= 0.6 is 0 Å². The molecule has 0 aromatic carbocycles. The summed E-state index contributed by atoms with van der Waals surface area (Å²) in [5.74, 6) is 3.22. The molecule has 4 aliphatic rings. The SMILES string of the molecule is CCN(C)CC(=O)N(C)CC12CC3CC(CC(C3)C1)C2. The smallest absolute Gasteiger partial charge is 0.236 e. The van der Waals surface area contributed by atoms with Gasteiger partial charge >= 0.3 is 0 Å². The first-order valence-corrected chi connectivity index (χ1v) is 8.42. The predicted octanol–water partition coefficient (Wildman–Crippen LogP) is 2.61. The highest BCUT2D eigenvalue weighted by molar-refractivity contribution is 5.78. The Bertz CT molecular complexity index is 344. The van der Waals surface area contributed by atoms with E-state index in [1.165, 1.54) is 38.5 Å². The molecule has 4 aliphatic carbocycles. The van der Waals surface area contributed by atoms with E-state index in [2.05, 4.69) is 11.8 Å². The topological polar surface area (TPSA) is 23.6 Å². The second kappa shape index (κ2) is 5.32.